The third-order valence-corrected chi connectivity index (χ3v) is 1.95. The first-order valence-electron chi connectivity index (χ1n) is 4.38. The second-order valence-corrected chi connectivity index (χ2v) is 3.04. The van der Waals surface area contributed by atoms with Crippen molar-refractivity contribution in [3.8, 4) is 0 Å². The second-order valence-electron chi connectivity index (χ2n) is 3.04. The maximum Gasteiger partial charge on any atom is 0.325 e. The number of aliphatic hydroxyl groups is 1. The van der Waals surface area contributed by atoms with Gasteiger partial charge in [-0.1, -0.05) is 0 Å². The molecule has 1 aliphatic rings. The fourth-order valence-electron chi connectivity index (χ4n) is 1.12. The van der Waals surface area contributed by atoms with Crippen molar-refractivity contribution in [2.24, 2.45) is 5.73 Å². The molecular formula is C8H15NO4. The van der Waals surface area contributed by atoms with Gasteiger partial charge in [-0.25, -0.2) is 0 Å². The summed E-state index contributed by atoms with van der Waals surface area (Å²) in [5.41, 5.74) is 5.28. The number of aliphatic hydroxyl groups excluding tert-OH is 1. The molecule has 1 saturated heterocycles. The van der Waals surface area contributed by atoms with Crippen LogP contribution < -0.4 is 5.73 Å². The molecule has 5 nitrogen and oxygen atoms in total. The van der Waals surface area contributed by atoms with E-state index >= 15 is 0 Å². The van der Waals surface area contributed by atoms with Gasteiger partial charge in [0.05, 0.1) is 19.8 Å². The van der Waals surface area contributed by atoms with E-state index in [1.165, 1.54) is 0 Å². The summed E-state index contributed by atoms with van der Waals surface area (Å²) < 4.78 is 10.1. The van der Waals surface area contributed by atoms with Gasteiger partial charge in [-0.05, 0) is 0 Å². The SMILES string of the molecule is N[C@@H](CO)C(=O)OC1CCOCC1. The van der Waals surface area contributed by atoms with E-state index in [-0.39, 0.29) is 12.7 Å². The van der Waals surface area contributed by atoms with Crippen LogP contribution >= 0.6 is 0 Å². The van der Waals surface area contributed by atoms with Gasteiger partial charge in [-0.15, -0.1) is 0 Å². The number of nitrogens with two attached hydrogens (primary N) is 1. The average Bonchev–Trinajstić information content (AvgIpc) is 2.18. The molecule has 0 radical (unpaired) electrons. The maximum absolute atomic E-state index is 11.1. The Bertz CT molecular complexity index is 168. The van der Waals surface area contributed by atoms with Gasteiger partial charge in [-0.2, -0.15) is 0 Å². The molecule has 76 valence electrons. The van der Waals surface area contributed by atoms with Gasteiger partial charge >= 0.3 is 5.97 Å². The van der Waals surface area contributed by atoms with Crippen LogP contribution in [0.1, 0.15) is 12.8 Å². The molecule has 0 aromatic heterocycles. The number of hydrogen-bond acceptors (Lipinski definition) is 5. The van der Waals surface area contributed by atoms with Crippen LogP contribution in [0.25, 0.3) is 0 Å². The zero-order valence-electron chi connectivity index (χ0n) is 7.44. The molecule has 0 aliphatic carbocycles. The molecule has 1 rings (SSSR count). The Kier molecular flexibility index (Phi) is 4.14. The minimum absolute atomic E-state index is 0.0983. The Hall–Kier alpha value is -0.650. The van der Waals surface area contributed by atoms with Crippen LogP contribution in [0.4, 0.5) is 0 Å². The van der Waals surface area contributed by atoms with Crippen LogP contribution in [0.15, 0.2) is 0 Å². The second kappa shape index (κ2) is 5.16. The molecule has 0 spiro atoms. The minimum atomic E-state index is -0.914. The molecule has 5 heteroatoms. The molecule has 0 saturated carbocycles. The standard InChI is InChI=1S/C8H15NO4/c9-7(5-10)8(11)13-6-1-3-12-4-2-6/h6-7,10H,1-5,9H2/t7-/m0/s1. The highest BCUT2D eigenvalue weighted by Gasteiger charge is 2.21. The van der Waals surface area contributed by atoms with Crippen LogP contribution in [0.2, 0.25) is 0 Å². The summed E-state index contributed by atoms with van der Waals surface area (Å²) in [6, 6.07) is -0.914. The lowest BCUT2D eigenvalue weighted by Crippen LogP contribution is -2.39. The van der Waals surface area contributed by atoms with Crippen molar-refractivity contribution in [3.63, 3.8) is 0 Å². The Labute approximate surface area is 76.8 Å². The van der Waals surface area contributed by atoms with Gasteiger partial charge in [-0.3, -0.25) is 4.79 Å². The Morgan fingerprint density at radius 2 is 2.23 bits per heavy atom. The molecule has 0 bridgehead atoms. The summed E-state index contributed by atoms with van der Waals surface area (Å²) in [6.45, 7) is 0.862. The average molecular weight is 189 g/mol. The third-order valence-electron chi connectivity index (χ3n) is 1.95. The van der Waals surface area contributed by atoms with E-state index in [0.717, 1.165) is 0 Å². The van der Waals surface area contributed by atoms with Gasteiger partial charge in [0.15, 0.2) is 0 Å². The lowest BCUT2D eigenvalue weighted by atomic mass is 10.1. The summed E-state index contributed by atoms with van der Waals surface area (Å²) in [4.78, 5) is 11.1. The molecule has 13 heavy (non-hydrogen) atoms. The van der Waals surface area contributed by atoms with Gasteiger partial charge < -0.3 is 20.3 Å². The molecule has 3 N–H and O–H groups in total. The first kappa shape index (κ1) is 10.4. The third kappa shape index (κ3) is 3.30. The lowest BCUT2D eigenvalue weighted by molar-refractivity contribution is -0.155. The molecular weight excluding hydrogens is 174 g/mol. The summed E-state index contributed by atoms with van der Waals surface area (Å²) in [5.74, 6) is -0.533. The van der Waals surface area contributed by atoms with Crippen molar-refractivity contribution in [1.82, 2.24) is 0 Å². The monoisotopic (exact) mass is 189 g/mol. The van der Waals surface area contributed by atoms with Crippen LogP contribution in [-0.4, -0.2) is 43.0 Å². The van der Waals surface area contributed by atoms with Gasteiger partial charge in [0.1, 0.15) is 12.1 Å². The van der Waals surface area contributed by atoms with E-state index < -0.39 is 12.0 Å². The number of carbonyl (C=O) groups is 1. The summed E-state index contributed by atoms with van der Waals surface area (Å²) in [5, 5.41) is 8.58. The highest BCUT2D eigenvalue weighted by Crippen LogP contribution is 2.10. The van der Waals surface area contributed by atoms with Crippen molar-refractivity contribution >= 4 is 5.97 Å². The van der Waals surface area contributed by atoms with Crippen molar-refractivity contribution < 1.29 is 19.4 Å². The molecule has 0 aromatic rings. The van der Waals surface area contributed by atoms with E-state index in [4.69, 9.17) is 20.3 Å². The van der Waals surface area contributed by atoms with Gasteiger partial charge in [0, 0.05) is 12.8 Å². The van der Waals surface area contributed by atoms with Crippen molar-refractivity contribution in [1.29, 1.82) is 0 Å². The van der Waals surface area contributed by atoms with E-state index in [0.29, 0.717) is 26.1 Å². The van der Waals surface area contributed by atoms with E-state index in [1.807, 2.05) is 0 Å². The molecule has 0 unspecified atom stereocenters. The van der Waals surface area contributed by atoms with Crippen molar-refractivity contribution in [2.45, 2.75) is 25.0 Å². The van der Waals surface area contributed by atoms with Gasteiger partial charge in [0.2, 0.25) is 0 Å². The van der Waals surface area contributed by atoms with E-state index in [2.05, 4.69) is 0 Å². The number of ether oxygens (including phenoxy) is 2. The summed E-state index contributed by atoms with van der Waals surface area (Å²) in [6.07, 6.45) is 1.33. The molecule has 0 amide bonds. The number of hydrogen-bond donors (Lipinski definition) is 2. The summed E-state index contributed by atoms with van der Waals surface area (Å²) in [7, 11) is 0. The lowest BCUT2D eigenvalue weighted by Gasteiger charge is -2.23. The largest absolute Gasteiger partial charge is 0.461 e. The fourth-order valence-corrected chi connectivity index (χ4v) is 1.12. The molecule has 1 atom stereocenters. The van der Waals surface area contributed by atoms with E-state index in [9.17, 15) is 4.79 Å². The molecule has 1 fully saturated rings. The number of esters is 1. The fraction of sp³-hybridized carbons (Fsp3) is 0.875. The first-order chi connectivity index (χ1) is 6.24. The Morgan fingerprint density at radius 3 is 2.77 bits per heavy atom. The van der Waals surface area contributed by atoms with Crippen LogP contribution in [-0.2, 0) is 14.3 Å². The topological polar surface area (TPSA) is 81.8 Å². The highest BCUT2D eigenvalue weighted by molar-refractivity contribution is 5.75. The first-order valence-corrected chi connectivity index (χ1v) is 4.38. The Balaban J connectivity index is 2.26. The molecule has 1 heterocycles. The quantitative estimate of drug-likeness (QED) is 0.558. The summed E-state index contributed by atoms with van der Waals surface area (Å²) >= 11 is 0. The Morgan fingerprint density at radius 1 is 1.62 bits per heavy atom. The number of carbonyl (C=O) groups excluding carboxylic acids is 1. The smallest absolute Gasteiger partial charge is 0.325 e. The van der Waals surface area contributed by atoms with Crippen molar-refractivity contribution in [2.75, 3.05) is 19.8 Å². The van der Waals surface area contributed by atoms with Crippen LogP contribution in [0.3, 0.4) is 0 Å². The molecule has 0 aromatic carbocycles. The highest BCUT2D eigenvalue weighted by atomic mass is 16.6. The van der Waals surface area contributed by atoms with E-state index in [1.54, 1.807) is 0 Å². The van der Waals surface area contributed by atoms with Crippen LogP contribution in [0.5, 0.6) is 0 Å². The zero-order chi connectivity index (χ0) is 9.68. The normalized spacial score (nSPS) is 21.1. The number of rotatable bonds is 3. The maximum atomic E-state index is 11.1. The zero-order valence-corrected chi connectivity index (χ0v) is 7.44. The van der Waals surface area contributed by atoms with Crippen LogP contribution in [0, 0.1) is 0 Å². The predicted octanol–water partition coefficient (Wildman–Crippen LogP) is -0.972. The van der Waals surface area contributed by atoms with Gasteiger partial charge in [0.25, 0.3) is 0 Å². The van der Waals surface area contributed by atoms with Crippen molar-refractivity contribution in [3.05, 3.63) is 0 Å². The minimum Gasteiger partial charge on any atom is -0.461 e. The molecule has 1 aliphatic heterocycles. The predicted molar refractivity (Wildman–Crippen MR) is 45.0 cm³/mol.